The molecule has 0 aliphatic carbocycles. The fraction of sp³-hybridized carbons (Fsp3) is 0.333. The first-order valence-corrected chi connectivity index (χ1v) is 8.86. The van der Waals surface area contributed by atoms with Gasteiger partial charge in [0.05, 0.1) is 17.8 Å². The van der Waals surface area contributed by atoms with E-state index in [0.29, 0.717) is 0 Å². The van der Waals surface area contributed by atoms with Crippen molar-refractivity contribution >= 4 is 34.2 Å². The summed E-state index contributed by atoms with van der Waals surface area (Å²) in [5.41, 5.74) is 3.51. The monoisotopic (exact) mass is 445 g/mol. The summed E-state index contributed by atoms with van der Waals surface area (Å²) in [6.07, 6.45) is 0.871. The summed E-state index contributed by atoms with van der Waals surface area (Å²) < 4.78 is 11.9. The zero-order valence-electron chi connectivity index (χ0n) is 13.6. The second-order valence-corrected chi connectivity index (χ2v) is 6.96. The van der Waals surface area contributed by atoms with Crippen LogP contribution in [0.1, 0.15) is 16.7 Å². The molecular weight excluding hydrogens is 425 g/mol. The summed E-state index contributed by atoms with van der Waals surface area (Å²) in [7, 11) is 3.39. The van der Waals surface area contributed by atoms with E-state index < -0.39 is 0 Å². The highest BCUT2D eigenvalue weighted by molar-refractivity contribution is 14.1. The Morgan fingerprint density at radius 2 is 1.78 bits per heavy atom. The van der Waals surface area contributed by atoms with E-state index in [1.165, 1.54) is 11.1 Å². The second-order valence-electron chi connectivity index (χ2n) is 5.36. The van der Waals surface area contributed by atoms with Gasteiger partial charge in [-0.2, -0.15) is 0 Å². The first-order chi connectivity index (χ1) is 11.0. The number of rotatable bonds is 7. The molecule has 0 aliphatic rings. The predicted octanol–water partition coefficient (Wildman–Crippen LogP) is 4.60. The maximum Gasteiger partial charge on any atom is 0.132 e. The summed E-state index contributed by atoms with van der Waals surface area (Å²) in [4.78, 5) is 0. The molecule has 124 valence electrons. The Kier molecular flexibility index (Phi) is 6.99. The molecule has 0 amide bonds. The topological polar surface area (TPSA) is 30.5 Å². The normalized spacial score (nSPS) is 10.7. The average molecular weight is 446 g/mol. The van der Waals surface area contributed by atoms with Crippen molar-refractivity contribution < 1.29 is 9.47 Å². The van der Waals surface area contributed by atoms with Crippen LogP contribution in [0.2, 0.25) is 5.02 Å². The van der Waals surface area contributed by atoms with Crippen molar-refractivity contribution in [3.63, 3.8) is 0 Å². The van der Waals surface area contributed by atoms with Crippen LogP contribution in [0.15, 0.2) is 30.3 Å². The largest absolute Gasteiger partial charge is 0.496 e. The lowest BCUT2D eigenvalue weighted by atomic mass is 10.1. The molecule has 2 aromatic rings. The lowest BCUT2D eigenvalue weighted by Crippen LogP contribution is -2.17. The molecule has 0 radical (unpaired) electrons. The number of hydrogen-bond acceptors (Lipinski definition) is 3. The number of aryl methyl sites for hydroxylation is 1. The Balaban J connectivity index is 1.95. The number of nitrogens with one attached hydrogen (secondary N) is 1. The van der Waals surface area contributed by atoms with Crippen LogP contribution in [0.5, 0.6) is 11.5 Å². The number of methoxy groups -OCH3 is 2. The standard InChI is InChI=1S/C18H21ClINO2/c1-12-6-13(8-15(19)7-12)11-21-5-4-14-9-18(23-3)16(20)10-17(14)22-2/h6-10,21H,4-5,11H2,1-3H3. The molecule has 0 spiro atoms. The van der Waals surface area contributed by atoms with Gasteiger partial charge in [-0.05, 0) is 83.4 Å². The van der Waals surface area contributed by atoms with Crippen LogP contribution in [0.25, 0.3) is 0 Å². The van der Waals surface area contributed by atoms with Crippen molar-refractivity contribution in [1.29, 1.82) is 0 Å². The Bertz CT molecular complexity index is 656. The number of ether oxygens (including phenoxy) is 2. The van der Waals surface area contributed by atoms with E-state index in [9.17, 15) is 0 Å². The first kappa shape index (κ1) is 18.4. The molecule has 1 N–H and O–H groups in total. The third kappa shape index (κ3) is 5.26. The number of benzene rings is 2. The molecular formula is C18H21ClINO2. The molecule has 5 heteroatoms. The van der Waals surface area contributed by atoms with E-state index in [4.69, 9.17) is 21.1 Å². The van der Waals surface area contributed by atoms with Crippen LogP contribution >= 0.6 is 34.2 Å². The molecule has 2 aromatic carbocycles. The quantitative estimate of drug-likeness (QED) is 0.499. The van der Waals surface area contributed by atoms with Crippen LogP contribution in [0.3, 0.4) is 0 Å². The second kappa shape index (κ2) is 8.76. The molecule has 3 nitrogen and oxygen atoms in total. The summed E-state index contributed by atoms with van der Waals surface area (Å²) in [5, 5.41) is 4.23. The zero-order valence-corrected chi connectivity index (χ0v) is 16.5. The highest BCUT2D eigenvalue weighted by atomic mass is 127. The molecule has 0 atom stereocenters. The van der Waals surface area contributed by atoms with Crippen LogP contribution in [-0.4, -0.2) is 20.8 Å². The van der Waals surface area contributed by atoms with Crippen LogP contribution in [0.4, 0.5) is 0 Å². The van der Waals surface area contributed by atoms with E-state index in [1.807, 2.05) is 24.3 Å². The fourth-order valence-corrected chi connectivity index (χ4v) is 3.46. The van der Waals surface area contributed by atoms with E-state index in [-0.39, 0.29) is 0 Å². The van der Waals surface area contributed by atoms with Crippen molar-refractivity contribution in [1.82, 2.24) is 5.32 Å². The molecule has 0 heterocycles. The minimum absolute atomic E-state index is 0.783. The molecule has 0 bridgehead atoms. The van der Waals surface area contributed by atoms with Gasteiger partial charge < -0.3 is 14.8 Å². The number of hydrogen-bond donors (Lipinski definition) is 1. The molecule has 0 fully saturated rings. The van der Waals surface area contributed by atoms with E-state index >= 15 is 0 Å². The number of halogens is 2. The Morgan fingerprint density at radius 3 is 2.43 bits per heavy atom. The third-order valence-electron chi connectivity index (χ3n) is 3.56. The Hall–Kier alpha value is -0.980. The lowest BCUT2D eigenvalue weighted by molar-refractivity contribution is 0.396. The summed E-state index contributed by atoms with van der Waals surface area (Å²) in [5.74, 6) is 1.78. The molecule has 0 saturated heterocycles. The van der Waals surface area contributed by atoms with Crippen molar-refractivity contribution in [2.24, 2.45) is 0 Å². The van der Waals surface area contributed by atoms with Crippen molar-refractivity contribution in [3.05, 3.63) is 55.6 Å². The van der Waals surface area contributed by atoms with Gasteiger partial charge >= 0.3 is 0 Å². The van der Waals surface area contributed by atoms with Crippen molar-refractivity contribution in [3.8, 4) is 11.5 Å². The van der Waals surface area contributed by atoms with Crippen molar-refractivity contribution in [2.75, 3.05) is 20.8 Å². The molecule has 0 aliphatic heterocycles. The summed E-state index contributed by atoms with van der Waals surface area (Å²) in [6, 6.07) is 10.2. The summed E-state index contributed by atoms with van der Waals surface area (Å²) in [6.45, 7) is 3.70. The van der Waals surface area contributed by atoms with E-state index in [2.05, 4.69) is 40.9 Å². The van der Waals surface area contributed by atoms with Crippen LogP contribution < -0.4 is 14.8 Å². The molecule has 0 saturated carbocycles. The van der Waals surface area contributed by atoms with Gasteiger partial charge in [0.25, 0.3) is 0 Å². The minimum Gasteiger partial charge on any atom is -0.496 e. The molecule has 0 aromatic heterocycles. The van der Waals surface area contributed by atoms with Gasteiger partial charge in [-0.3, -0.25) is 0 Å². The Labute approximate surface area is 156 Å². The van der Waals surface area contributed by atoms with E-state index in [0.717, 1.165) is 45.2 Å². The maximum atomic E-state index is 6.09. The average Bonchev–Trinajstić information content (AvgIpc) is 2.51. The zero-order chi connectivity index (χ0) is 16.8. The van der Waals surface area contributed by atoms with Gasteiger partial charge in [0.15, 0.2) is 0 Å². The highest BCUT2D eigenvalue weighted by Gasteiger charge is 2.09. The third-order valence-corrected chi connectivity index (χ3v) is 4.62. The van der Waals surface area contributed by atoms with Crippen molar-refractivity contribution in [2.45, 2.75) is 19.9 Å². The highest BCUT2D eigenvalue weighted by Crippen LogP contribution is 2.30. The molecule has 0 unspecified atom stereocenters. The Morgan fingerprint density at radius 1 is 1.04 bits per heavy atom. The van der Waals surface area contributed by atoms with Gasteiger partial charge in [-0.25, -0.2) is 0 Å². The predicted molar refractivity (Wildman–Crippen MR) is 104 cm³/mol. The van der Waals surface area contributed by atoms with Gasteiger partial charge in [-0.15, -0.1) is 0 Å². The van der Waals surface area contributed by atoms with Crippen LogP contribution in [0, 0.1) is 10.5 Å². The first-order valence-electron chi connectivity index (χ1n) is 7.40. The fourth-order valence-electron chi connectivity index (χ4n) is 2.49. The van der Waals surface area contributed by atoms with Crippen LogP contribution in [-0.2, 0) is 13.0 Å². The van der Waals surface area contributed by atoms with E-state index in [1.54, 1.807) is 14.2 Å². The van der Waals surface area contributed by atoms with Gasteiger partial charge in [-0.1, -0.05) is 17.7 Å². The molecule has 23 heavy (non-hydrogen) atoms. The van der Waals surface area contributed by atoms with Gasteiger partial charge in [0.1, 0.15) is 11.5 Å². The smallest absolute Gasteiger partial charge is 0.132 e. The SMILES string of the molecule is COc1cc(CCNCc2cc(C)cc(Cl)c2)c(OC)cc1I. The lowest BCUT2D eigenvalue weighted by Gasteiger charge is -2.13. The molecule has 2 rings (SSSR count). The maximum absolute atomic E-state index is 6.09. The van der Waals surface area contributed by atoms with Gasteiger partial charge in [0, 0.05) is 11.6 Å². The minimum atomic E-state index is 0.783. The van der Waals surface area contributed by atoms with Gasteiger partial charge in [0.2, 0.25) is 0 Å². The summed E-state index contributed by atoms with van der Waals surface area (Å²) >= 11 is 8.34.